The molecule has 0 aliphatic carbocycles. The number of nitrogens with zero attached hydrogens (tertiary/aromatic N) is 2. The molecule has 1 aliphatic heterocycles. The Balaban J connectivity index is 1.46. The summed E-state index contributed by atoms with van der Waals surface area (Å²) in [6, 6.07) is 14.1. The third kappa shape index (κ3) is 4.43. The molecule has 0 spiro atoms. The fraction of sp³-hybridized carbons (Fsp3) is 0.360. The molecule has 2 aromatic carbocycles. The van der Waals surface area contributed by atoms with E-state index in [9.17, 15) is 4.79 Å². The van der Waals surface area contributed by atoms with Gasteiger partial charge in [-0.1, -0.05) is 19.1 Å². The van der Waals surface area contributed by atoms with E-state index in [-0.39, 0.29) is 12.0 Å². The molecule has 1 aromatic heterocycles. The van der Waals surface area contributed by atoms with Crippen molar-refractivity contribution in [2.24, 2.45) is 0 Å². The van der Waals surface area contributed by atoms with Crippen LogP contribution >= 0.6 is 0 Å². The van der Waals surface area contributed by atoms with E-state index in [2.05, 4.69) is 23.2 Å². The lowest BCUT2D eigenvalue weighted by atomic mass is 10.0. The Hall–Kier alpha value is -3.28. The van der Waals surface area contributed by atoms with E-state index in [1.165, 1.54) is 0 Å². The highest BCUT2D eigenvalue weighted by atomic mass is 16.5. The van der Waals surface area contributed by atoms with Gasteiger partial charge in [0.1, 0.15) is 17.4 Å². The predicted molar refractivity (Wildman–Crippen MR) is 121 cm³/mol. The van der Waals surface area contributed by atoms with Crippen LogP contribution in [0.25, 0.3) is 22.0 Å². The van der Waals surface area contributed by atoms with Crippen molar-refractivity contribution in [1.29, 1.82) is 0 Å². The number of likely N-dealkylation sites (tertiary alicyclic amines) is 1. The summed E-state index contributed by atoms with van der Waals surface area (Å²) in [6.07, 6.45) is 4.30. The van der Waals surface area contributed by atoms with Gasteiger partial charge in [-0.2, -0.15) is 0 Å². The molecule has 1 amide bonds. The van der Waals surface area contributed by atoms with Crippen LogP contribution in [0.15, 0.2) is 48.7 Å². The Bertz CT molecular complexity index is 1060. The van der Waals surface area contributed by atoms with Gasteiger partial charge in [0, 0.05) is 49.5 Å². The number of methoxy groups -OCH3 is 2. The van der Waals surface area contributed by atoms with Crippen molar-refractivity contribution >= 4 is 16.8 Å². The van der Waals surface area contributed by atoms with Crippen molar-refractivity contribution in [2.45, 2.75) is 32.3 Å². The Morgan fingerprint density at radius 1 is 1.03 bits per heavy atom. The average Bonchev–Trinajstić information content (AvgIpc) is 2.83. The van der Waals surface area contributed by atoms with Crippen molar-refractivity contribution in [1.82, 2.24) is 9.88 Å². The Morgan fingerprint density at radius 3 is 2.42 bits per heavy atom. The quantitative estimate of drug-likeness (QED) is 0.579. The maximum atomic E-state index is 11.8. The summed E-state index contributed by atoms with van der Waals surface area (Å²) in [5.41, 5.74) is 2.87. The van der Waals surface area contributed by atoms with Crippen LogP contribution in [0.3, 0.4) is 0 Å². The molecule has 6 heteroatoms. The van der Waals surface area contributed by atoms with Gasteiger partial charge in [0.15, 0.2) is 11.5 Å². The molecule has 3 aromatic rings. The molecule has 0 unspecified atom stereocenters. The fourth-order valence-electron chi connectivity index (χ4n) is 4.04. The number of pyridine rings is 1. The second-order valence-corrected chi connectivity index (χ2v) is 7.67. The summed E-state index contributed by atoms with van der Waals surface area (Å²) < 4.78 is 17.0. The average molecular weight is 421 g/mol. The van der Waals surface area contributed by atoms with Crippen LogP contribution in [-0.4, -0.2) is 49.2 Å². The van der Waals surface area contributed by atoms with Crippen molar-refractivity contribution in [3.63, 3.8) is 0 Å². The van der Waals surface area contributed by atoms with Gasteiger partial charge in [0.05, 0.1) is 14.2 Å². The molecule has 2 heterocycles. The lowest BCUT2D eigenvalue weighted by Gasteiger charge is -2.32. The molecule has 31 heavy (non-hydrogen) atoms. The minimum atomic E-state index is 0.150. The number of ether oxygens (including phenoxy) is 3. The Morgan fingerprint density at radius 2 is 1.77 bits per heavy atom. The summed E-state index contributed by atoms with van der Waals surface area (Å²) in [6.45, 7) is 3.45. The number of carbonyl (C=O) groups is 1. The number of carbonyl (C=O) groups excluding carboxylic acids is 1. The first-order valence-electron chi connectivity index (χ1n) is 10.7. The van der Waals surface area contributed by atoms with Crippen LogP contribution in [0.5, 0.6) is 17.2 Å². The highest BCUT2D eigenvalue weighted by Gasteiger charge is 2.23. The van der Waals surface area contributed by atoms with Crippen molar-refractivity contribution < 1.29 is 19.0 Å². The van der Waals surface area contributed by atoms with Gasteiger partial charge < -0.3 is 19.1 Å². The molecule has 1 fully saturated rings. The van der Waals surface area contributed by atoms with Gasteiger partial charge in [0.25, 0.3) is 0 Å². The highest BCUT2D eigenvalue weighted by Crippen LogP contribution is 2.35. The number of fused-ring (bicyclic) bond motifs is 1. The van der Waals surface area contributed by atoms with Gasteiger partial charge in [0.2, 0.25) is 5.91 Å². The van der Waals surface area contributed by atoms with Gasteiger partial charge in [-0.3, -0.25) is 9.78 Å². The van der Waals surface area contributed by atoms with E-state index >= 15 is 0 Å². The van der Waals surface area contributed by atoms with E-state index in [4.69, 9.17) is 14.2 Å². The number of amides is 1. The van der Waals surface area contributed by atoms with Crippen LogP contribution in [0.2, 0.25) is 0 Å². The van der Waals surface area contributed by atoms with E-state index in [1.54, 1.807) is 14.2 Å². The molecule has 0 radical (unpaired) electrons. The summed E-state index contributed by atoms with van der Waals surface area (Å²) in [5.74, 6) is 2.38. The normalized spacial score (nSPS) is 14.5. The minimum absolute atomic E-state index is 0.150. The molecule has 6 nitrogen and oxygen atoms in total. The van der Waals surface area contributed by atoms with Crippen LogP contribution in [0, 0.1) is 0 Å². The van der Waals surface area contributed by atoms with Crippen molar-refractivity contribution in [2.75, 3.05) is 27.3 Å². The molecule has 0 bridgehead atoms. The summed E-state index contributed by atoms with van der Waals surface area (Å²) in [5, 5.41) is 0.990. The summed E-state index contributed by atoms with van der Waals surface area (Å²) >= 11 is 0. The molecular weight excluding hydrogens is 392 g/mol. The zero-order chi connectivity index (χ0) is 21.8. The number of aromatic nitrogens is 1. The predicted octanol–water partition coefficient (Wildman–Crippen LogP) is 4.70. The zero-order valence-electron chi connectivity index (χ0n) is 18.3. The number of hydrogen-bond acceptors (Lipinski definition) is 5. The van der Waals surface area contributed by atoms with Gasteiger partial charge in [-0.05, 0) is 35.9 Å². The summed E-state index contributed by atoms with van der Waals surface area (Å²) in [4.78, 5) is 18.4. The number of rotatable bonds is 6. The number of hydrogen-bond donors (Lipinski definition) is 0. The molecule has 1 aliphatic rings. The SMILES string of the molecule is CCC(=O)N1CCC(Oc2ccc(-c3cnc4c(OC)c(OC)ccc4c3)cc2)CC1. The van der Waals surface area contributed by atoms with Gasteiger partial charge >= 0.3 is 0 Å². The maximum absolute atomic E-state index is 11.8. The smallest absolute Gasteiger partial charge is 0.222 e. The fourth-order valence-corrected chi connectivity index (χ4v) is 4.04. The van der Waals surface area contributed by atoms with E-state index in [1.807, 2.05) is 42.3 Å². The molecule has 1 saturated heterocycles. The Kier molecular flexibility index (Phi) is 6.26. The largest absolute Gasteiger partial charge is 0.493 e. The third-order valence-corrected chi connectivity index (χ3v) is 5.78. The molecule has 4 rings (SSSR count). The lowest BCUT2D eigenvalue weighted by Crippen LogP contribution is -2.41. The lowest BCUT2D eigenvalue weighted by molar-refractivity contribution is -0.132. The van der Waals surface area contributed by atoms with E-state index in [0.29, 0.717) is 17.9 Å². The second-order valence-electron chi connectivity index (χ2n) is 7.67. The monoisotopic (exact) mass is 420 g/mol. The van der Waals surface area contributed by atoms with Crippen LogP contribution < -0.4 is 14.2 Å². The van der Waals surface area contributed by atoms with Gasteiger partial charge in [-0.25, -0.2) is 0 Å². The standard InChI is InChI=1S/C25H28N2O4/c1-4-23(28)27-13-11-21(12-14-27)31-20-8-5-17(6-9-20)19-15-18-7-10-22(29-2)25(30-3)24(18)26-16-19/h5-10,15-16,21H,4,11-14H2,1-3H3. The van der Waals surface area contributed by atoms with Crippen LogP contribution in [-0.2, 0) is 4.79 Å². The first-order chi connectivity index (χ1) is 15.1. The van der Waals surface area contributed by atoms with Crippen molar-refractivity contribution in [3.05, 3.63) is 48.7 Å². The molecule has 162 valence electrons. The van der Waals surface area contributed by atoms with Gasteiger partial charge in [-0.15, -0.1) is 0 Å². The number of piperidine rings is 1. The molecule has 0 saturated carbocycles. The van der Waals surface area contributed by atoms with Crippen LogP contribution in [0.1, 0.15) is 26.2 Å². The number of benzene rings is 2. The molecular formula is C25H28N2O4. The topological polar surface area (TPSA) is 60.9 Å². The van der Waals surface area contributed by atoms with Crippen LogP contribution in [0.4, 0.5) is 0 Å². The maximum Gasteiger partial charge on any atom is 0.222 e. The van der Waals surface area contributed by atoms with E-state index in [0.717, 1.165) is 53.7 Å². The minimum Gasteiger partial charge on any atom is -0.493 e. The first-order valence-corrected chi connectivity index (χ1v) is 10.7. The summed E-state index contributed by atoms with van der Waals surface area (Å²) in [7, 11) is 3.24. The Labute approximate surface area is 182 Å². The second kappa shape index (κ2) is 9.25. The molecule has 0 N–H and O–H groups in total. The molecule has 0 atom stereocenters. The van der Waals surface area contributed by atoms with E-state index < -0.39 is 0 Å². The third-order valence-electron chi connectivity index (χ3n) is 5.78. The highest BCUT2D eigenvalue weighted by molar-refractivity contribution is 5.90. The zero-order valence-corrected chi connectivity index (χ0v) is 18.3. The van der Waals surface area contributed by atoms with Crippen molar-refractivity contribution in [3.8, 4) is 28.4 Å². The first kappa shape index (κ1) is 21.0.